The van der Waals surface area contributed by atoms with E-state index in [0.717, 1.165) is 29.0 Å². The van der Waals surface area contributed by atoms with Gasteiger partial charge in [-0.15, -0.1) is 0 Å². The molecular formula is C20H17BrO3. The van der Waals surface area contributed by atoms with Crippen LogP contribution in [0.4, 0.5) is 0 Å². The lowest BCUT2D eigenvalue weighted by Crippen LogP contribution is -2.13. The van der Waals surface area contributed by atoms with Crippen LogP contribution in [0.25, 0.3) is 21.9 Å². The number of aliphatic carboxylic acids is 1. The zero-order valence-electron chi connectivity index (χ0n) is 13.1. The fourth-order valence-electron chi connectivity index (χ4n) is 3.15. The van der Waals surface area contributed by atoms with Crippen molar-refractivity contribution in [1.82, 2.24) is 0 Å². The second-order valence-electron chi connectivity index (χ2n) is 5.70. The zero-order chi connectivity index (χ0) is 17.3. The van der Waals surface area contributed by atoms with Gasteiger partial charge in [0.05, 0.1) is 10.9 Å². The lowest BCUT2D eigenvalue weighted by atomic mass is 9.81. The Labute approximate surface area is 148 Å². The van der Waals surface area contributed by atoms with Crippen LogP contribution in [0.3, 0.4) is 0 Å². The van der Waals surface area contributed by atoms with Crippen molar-refractivity contribution in [2.75, 3.05) is 0 Å². The number of aliphatic hydroxyl groups excluding tert-OH is 1. The standard InChI is InChI=1S/C18H13BrO.C2H4O2/c19-17-15-8-4-3-7-13(15)14-10-9-11-5-1-2-6-12(11)16(14)18(17)20;1-2(3)4/h1-10,17-18,20H;1H3,(H,3,4). The van der Waals surface area contributed by atoms with Crippen LogP contribution in [-0.4, -0.2) is 16.2 Å². The molecule has 0 radical (unpaired) electrons. The molecule has 4 heteroatoms. The number of fused-ring (bicyclic) bond motifs is 5. The van der Waals surface area contributed by atoms with Crippen LogP contribution in [0.1, 0.15) is 29.0 Å². The van der Waals surface area contributed by atoms with E-state index in [1.165, 1.54) is 10.9 Å². The molecule has 1 aliphatic carbocycles. The Kier molecular flexibility index (Phi) is 4.69. The van der Waals surface area contributed by atoms with E-state index in [-0.39, 0.29) is 4.83 Å². The molecule has 24 heavy (non-hydrogen) atoms. The molecule has 2 atom stereocenters. The molecule has 1 aliphatic rings. The zero-order valence-corrected chi connectivity index (χ0v) is 14.7. The largest absolute Gasteiger partial charge is 0.481 e. The van der Waals surface area contributed by atoms with Gasteiger partial charge in [-0.3, -0.25) is 4.79 Å². The lowest BCUT2D eigenvalue weighted by Gasteiger charge is -2.30. The molecular weight excluding hydrogens is 368 g/mol. The van der Waals surface area contributed by atoms with Gasteiger partial charge in [0.2, 0.25) is 0 Å². The van der Waals surface area contributed by atoms with Gasteiger partial charge in [0.15, 0.2) is 0 Å². The van der Waals surface area contributed by atoms with Gasteiger partial charge in [-0.25, -0.2) is 0 Å². The van der Waals surface area contributed by atoms with Crippen LogP contribution in [0.5, 0.6) is 0 Å². The summed E-state index contributed by atoms with van der Waals surface area (Å²) in [6, 6.07) is 20.8. The lowest BCUT2D eigenvalue weighted by molar-refractivity contribution is -0.134. The van der Waals surface area contributed by atoms with Crippen LogP contribution in [0.2, 0.25) is 0 Å². The summed E-state index contributed by atoms with van der Waals surface area (Å²) in [5.41, 5.74) is 4.54. The monoisotopic (exact) mass is 384 g/mol. The van der Waals surface area contributed by atoms with Crippen molar-refractivity contribution < 1.29 is 15.0 Å². The van der Waals surface area contributed by atoms with Gasteiger partial charge in [0.25, 0.3) is 5.97 Å². The Balaban J connectivity index is 0.000000383. The number of rotatable bonds is 0. The highest BCUT2D eigenvalue weighted by molar-refractivity contribution is 9.09. The Bertz CT molecular complexity index is 900. The fraction of sp³-hybridized carbons (Fsp3) is 0.150. The third-order valence-electron chi connectivity index (χ3n) is 4.09. The molecule has 0 spiro atoms. The van der Waals surface area contributed by atoms with Crippen LogP contribution >= 0.6 is 15.9 Å². The average molecular weight is 385 g/mol. The first kappa shape index (κ1) is 16.7. The molecule has 3 nitrogen and oxygen atoms in total. The predicted octanol–water partition coefficient (Wildman–Crippen LogP) is 5.08. The number of alkyl halides is 1. The second kappa shape index (κ2) is 6.75. The Morgan fingerprint density at radius 1 is 0.958 bits per heavy atom. The highest BCUT2D eigenvalue weighted by atomic mass is 79.9. The number of carbonyl (C=O) groups is 1. The van der Waals surface area contributed by atoms with E-state index in [0.29, 0.717) is 0 Å². The molecule has 0 heterocycles. The van der Waals surface area contributed by atoms with Gasteiger partial charge in [0.1, 0.15) is 0 Å². The smallest absolute Gasteiger partial charge is 0.300 e. The molecule has 0 bridgehead atoms. The molecule has 2 N–H and O–H groups in total. The summed E-state index contributed by atoms with van der Waals surface area (Å²) in [7, 11) is 0. The van der Waals surface area contributed by atoms with Gasteiger partial charge >= 0.3 is 0 Å². The molecule has 0 aromatic heterocycles. The van der Waals surface area contributed by atoms with E-state index in [1.807, 2.05) is 18.2 Å². The first-order chi connectivity index (χ1) is 11.5. The van der Waals surface area contributed by atoms with Gasteiger partial charge in [-0.2, -0.15) is 0 Å². The van der Waals surface area contributed by atoms with Gasteiger partial charge in [0, 0.05) is 6.92 Å². The molecule has 0 fully saturated rings. The van der Waals surface area contributed by atoms with Crippen molar-refractivity contribution in [1.29, 1.82) is 0 Å². The van der Waals surface area contributed by atoms with Crippen molar-refractivity contribution >= 4 is 32.7 Å². The van der Waals surface area contributed by atoms with Crippen LogP contribution in [-0.2, 0) is 4.79 Å². The SMILES string of the molecule is CC(=O)O.OC1c2c(ccc3ccccc23)-c2ccccc2C1Br. The number of hydrogen-bond acceptors (Lipinski definition) is 2. The number of benzene rings is 3. The number of aliphatic hydroxyl groups is 1. The number of hydrogen-bond donors (Lipinski definition) is 2. The maximum atomic E-state index is 10.7. The topological polar surface area (TPSA) is 57.5 Å². The molecule has 3 aromatic rings. The normalized spacial score (nSPS) is 18.1. The van der Waals surface area contributed by atoms with E-state index < -0.39 is 12.1 Å². The number of carboxylic acid groups (broad SMARTS) is 1. The minimum atomic E-state index is -0.833. The second-order valence-corrected chi connectivity index (χ2v) is 6.69. The molecule has 122 valence electrons. The van der Waals surface area contributed by atoms with Crippen molar-refractivity contribution in [3.05, 3.63) is 71.8 Å². The van der Waals surface area contributed by atoms with Crippen molar-refractivity contribution in [3.8, 4) is 11.1 Å². The molecule has 0 amide bonds. The summed E-state index contributed by atoms with van der Waals surface area (Å²) >= 11 is 3.66. The quantitative estimate of drug-likeness (QED) is 0.531. The van der Waals surface area contributed by atoms with Gasteiger partial charge in [-0.05, 0) is 33.0 Å². The molecule has 0 aliphatic heterocycles. The predicted molar refractivity (Wildman–Crippen MR) is 99.3 cm³/mol. The molecule has 0 saturated heterocycles. The number of halogens is 1. The van der Waals surface area contributed by atoms with Crippen molar-refractivity contribution in [2.45, 2.75) is 17.9 Å². The van der Waals surface area contributed by atoms with Gasteiger partial charge in [-0.1, -0.05) is 76.6 Å². The minimum absolute atomic E-state index is 0.0583. The average Bonchev–Trinajstić information content (AvgIpc) is 2.58. The first-order valence-corrected chi connectivity index (χ1v) is 8.55. The van der Waals surface area contributed by atoms with E-state index in [9.17, 15) is 5.11 Å². The summed E-state index contributed by atoms with van der Waals surface area (Å²) in [6.45, 7) is 1.08. The maximum Gasteiger partial charge on any atom is 0.300 e. The summed E-state index contributed by atoms with van der Waals surface area (Å²) in [4.78, 5) is 8.94. The van der Waals surface area contributed by atoms with E-state index >= 15 is 0 Å². The summed E-state index contributed by atoms with van der Waals surface area (Å²) in [5.74, 6) is -0.833. The first-order valence-electron chi connectivity index (χ1n) is 7.63. The van der Waals surface area contributed by atoms with Crippen LogP contribution in [0, 0.1) is 0 Å². The Hall–Kier alpha value is -2.17. The summed E-state index contributed by atoms with van der Waals surface area (Å²) in [5, 5.41) is 20.5. The minimum Gasteiger partial charge on any atom is -0.481 e. The van der Waals surface area contributed by atoms with Crippen LogP contribution < -0.4 is 0 Å². The Morgan fingerprint density at radius 3 is 2.33 bits per heavy atom. The van der Waals surface area contributed by atoms with Gasteiger partial charge < -0.3 is 10.2 Å². The summed E-state index contributed by atoms with van der Waals surface area (Å²) < 4.78 is 0. The highest BCUT2D eigenvalue weighted by Gasteiger charge is 2.31. The molecule has 4 rings (SSSR count). The number of carboxylic acids is 1. The van der Waals surface area contributed by atoms with E-state index in [4.69, 9.17) is 9.90 Å². The third kappa shape index (κ3) is 2.95. The van der Waals surface area contributed by atoms with Crippen molar-refractivity contribution in [2.24, 2.45) is 0 Å². The molecule has 2 unspecified atom stereocenters. The maximum absolute atomic E-state index is 10.7. The van der Waals surface area contributed by atoms with E-state index in [1.54, 1.807) is 0 Å². The van der Waals surface area contributed by atoms with Crippen molar-refractivity contribution in [3.63, 3.8) is 0 Å². The van der Waals surface area contributed by atoms with E-state index in [2.05, 4.69) is 58.4 Å². The summed E-state index contributed by atoms with van der Waals surface area (Å²) in [6.07, 6.45) is -0.522. The highest BCUT2D eigenvalue weighted by Crippen LogP contribution is 2.50. The van der Waals surface area contributed by atoms with Crippen LogP contribution in [0.15, 0.2) is 60.7 Å². The fourth-order valence-corrected chi connectivity index (χ4v) is 3.81. The Morgan fingerprint density at radius 2 is 1.58 bits per heavy atom. The molecule has 3 aromatic carbocycles. The third-order valence-corrected chi connectivity index (χ3v) is 5.09. The molecule has 0 saturated carbocycles.